The van der Waals surface area contributed by atoms with Gasteiger partial charge >= 0.3 is 241 Å². The second-order valence-electron chi connectivity index (χ2n) is 12.9. The van der Waals surface area contributed by atoms with Gasteiger partial charge in [-0.3, -0.25) is 0 Å². The van der Waals surface area contributed by atoms with Gasteiger partial charge in [-0.15, -0.1) is 0 Å². The summed E-state index contributed by atoms with van der Waals surface area (Å²) < 4.78 is 0.706. The molecular weight excluding hydrogens is 599 g/mol. The van der Waals surface area contributed by atoms with E-state index in [4.69, 9.17) is 30.1 Å². The summed E-state index contributed by atoms with van der Waals surface area (Å²) in [6.07, 6.45) is 28.4. The standard InChI is InChI=1S/C32H68N4.3ClH.Cr/c1-5-7-9-11-13-15-17-19-21-23-27-34-30-35(32-36(31-34)29-25-26-33(3)4)28-24-22-20-18-16-14-12-10-8-6-2;;;;/h5-32H2,1-4H3;3*1H;/q;;;;+4/p-3. The summed E-state index contributed by atoms with van der Waals surface area (Å²) in [5, 5.41) is 0. The zero-order valence-corrected chi connectivity index (χ0v) is 30.7. The number of quaternary nitrogens is 1. The number of hydrogen-bond donors (Lipinski definition) is 0. The fourth-order valence-electron chi connectivity index (χ4n) is 6.13. The Morgan fingerprint density at radius 1 is 0.550 bits per heavy atom. The Morgan fingerprint density at radius 3 is 1.32 bits per heavy atom. The van der Waals surface area contributed by atoms with Gasteiger partial charge in [0.15, 0.2) is 0 Å². The van der Waals surface area contributed by atoms with Crippen LogP contribution >= 0.6 is 30.1 Å². The first-order valence-electron chi connectivity index (χ1n) is 17.1. The third kappa shape index (κ3) is 18.8. The zero-order chi connectivity index (χ0) is 29.5. The molecule has 40 heavy (non-hydrogen) atoms. The summed E-state index contributed by atoms with van der Waals surface area (Å²) in [6, 6.07) is 0. The minimum absolute atomic E-state index is 0.706. The molecule has 242 valence electrons. The van der Waals surface area contributed by atoms with Gasteiger partial charge in [0.2, 0.25) is 0 Å². The molecule has 0 spiro atoms. The first-order valence-corrected chi connectivity index (χ1v) is 22.9. The van der Waals surface area contributed by atoms with Crippen LogP contribution in [0, 0.1) is 0 Å². The average Bonchev–Trinajstić information content (AvgIpc) is 2.90. The third-order valence-electron chi connectivity index (χ3n) is 8.58. The van der Waals surface area contributed by atoms with E-state index in [0.29, 0.717) is 3.47 Å². The molecular formula is C32H68Cl3CrN4+. The van der Waals surface area contributed by atoms with E-state index in [0.717, 1.165) is 46.2 Å². The number of unbranched alkanes of at least 4 members (excludes halogenated alkanes) is 18. The molecule has 1 saturated heterocycles. The summed E-state index contributed by atoms with van der Waals surface area (Å²) in [4.78, 5) is 7.50. The topological polar surface area (TPSA) is 9.72 Å². The first-order chi connectivity index (χ1) is 19.2. The van der Waals surface area contributed by atoms with Gasteiger partial charge in [-0.1, -0.05) is 26.7 Å². The fraction of sp³-hybridized carbons (Fsp3) is 1.00. The van der Waals surface area contributed by atoms with Gasteiger partial charge in [0.25, 0.3) is 0 Å². The molecule has 1 aliphatic heterocycles. The Hall–Kier alpha value is 1.24. The second kappa shape index (κ2) is 24.6. The van der Waals surface area contributed by atoms with Crippen LogP contribution in [0.1, 0.15) is 149 Å². The molecule has 1 heterocycles. The monoisotopic (exact) mass is 665 g/mol. The molecule has 1 atom stereocenters. The Morgan fingerprint density at radius 2 is 0.925 bits per heavy atom. The van der Waals surface area contributed by atoms with E-state index >= 15 is 0 Å². The number of halogens is 3. The molecule has 8 heteroatoms. The molecule has 0 bridgehead atoms. The molecule has 0 saturated carbocycles. The quantitative estimate of drug-likeness (QED) is 0.0808. The fourth-order valence-corrected chi connectivity index (χ4v) is 9.50. The van der Waals surface area contributed by atoms with Gasteiger partial charge in [0, 0.05) is 0 Å². The summed E-state index contributed by atoms with van der Waals surface area (Å²) in [6.45, 7) is 11.8. The summed E-state index contributed by atoms with van der Waals surface area (Å²) in [5.41, 5.74) is 0. The first kappa shape index (κ1) is 39.3. The predicted octanol–water partition coefficient (Wildman–Crippen LogP) is 10.6. The van der Waals surface area contributed by atoms with Crippen molar-refractivity contribution in [1.82, 2.24) is 14.7 Å². The van der Waals surface area contributed by atoms with E-state index in [1.165, 1.54) is 135 Å². The van der Waals surface area contributed by atoms with Gasteiger partial charge in [-0.05, 0) is 0 Å². The SMILES string of the molecule is CCCCCCCCCCCCN1CN(CCCN(C)C)C[N+](CCCCCCCCCCCC)([Cr]([Cl])([Cl])[Cl])C1. The van der Waals surface area contributed by atoms with Crippen LogP contribution in [-0.4, -0.2) is 78.4 Å². The number of rotatable bonds is 27. The van der Waals surface area contributed by atoms with E-state index in [2.05, 4.69) is 42.6 Å². The van der Waals surface area contributed by atoms with Crippen LogP contribution in [0.3, 0.4) is 0 Å². The van der Waals surface area contributed by atoms with Crippen molar-refractivity contribution in [3.63, 3.8) is 0 Å². The number of nitrogens with zero attached hydrogens (tertiary/aromatic N) is 4. The molecule has 0 N–H and O–H groups in total. The number of hydrogen-bond acceptors (Lipinski definition) is 3. The van der Waals surface area contributed by atoms with Gasteiger partial charge in [-0.2, -0.15) is 0 Å². The predicted molar refractivity (Wildman–Crippen MR) is 178 cm³/mol. The molecule has 4 nitrogen and oxygen atoms in total. The van der Waals surface area contributed by atoms with Crippen molar-refractivity contribution in [3.05, 3.63) is 0 Å². The second-order valence-corrected chi connectivity index (χ2v) is 22.8. The molecule has 0 aromatic heterocycles. The van der Waals surface area contributed by atoms with Crippen LogP contribution in [0.4, 0.5) is 0 Å². The van der Waals surface area contributed by atoms with Crippen LogP contribution in [0.25, 0.3) is 0 Å². The Balaban J connectivity index is 2.54. The maximum atomic E-state index is 6.97. The van der Waals surface area contributed by atoms with Crippen molar-refractivity contribution in [1.29, 1.82) is 0 Å². The van der Waals surface area contributed by atoms with Crippen LogP contribution in [0.2, 0.25) is 0 Å². The van der Waals surface area contributed by atoms with E-state index in [9.17, 15) is 0 Å². The third-order valence-corrected chi connectivity index (χ3v) is 14.2. The Labute approximate surface area is 266 Å². The molecule has 0 amide bonds. The Bertz CT molecular complexity index is 579. The molecule has 0 aromatic rings. The summed E-state index contributed by atoms with van der Waals surface area (Å²) in [5.74, 6) is 0. The van der Waals surface area contributed by atoms with E-state index < -0.39 is 10.5 Å². The van der Waals surface area contributed by atoms with Crippen LogP contribution in [0.5, 0.6) is 0 Å². The molecule has 0 aromatic carbocycles. The van der Waals surface area contributed by atoms with Gasteiger partial charge in [-0.25, -0.2) is 0 Å². The van der Waals surface area contributed by atoms with Crippen molar-refractivity contribution in [2.75, 3.05) is 60.3 Å². The molecule has 1 unspecified atom stereocenters. The van der Waals surface area contributed by atoms with E-state index in [1.54, 1.807) is 0 Å². The van der Waals surface area contributed by atoms with Crippen molar-refractivity contribution < 1.29 is 14.0 Å². The van der Waals surface area contributed by atoms with Crippen molar-refractivity contribution in [3.8, 4) is 0 Å². The van der Waals surface area contributed by atoms with Crippen LogP contribution in [0.15, 0.2) is 0 Å². The molecule has 0 radical (unpaired) electrons. The zero-order valence-electron chi connectivity index (χ0n) is 27.1. The summed E-state index contributed by atoms with van der Waals surface area (Å²) in [7, 11) is 22.1. The van der Waals surface area contributed by atoms with Gasteiger partial charge < -0.3 is 0 Å². The van der Waals surface area contributed by atoms with Crippen LogP contribution in [-0.2, 0) is 10.5 Å². The van der Waals surface area contributed by atoms with Crippen molar-refractivity contribution >= 4 is 30.1 Å². The molecule has 1 rings (SSSR count). The van der Waals surface area contributed by atoms with Crippen molar-refractivity contribution in [2.24, 2.45) is 0 Å². The Kier molecular flexibility index (Phi) is 24.1. The van der Waals surface area contributed by atoms with Gasteiger partial charge in [0.1, 0.15) is 0 Å². The van der Waals surface area contributed by atoms with Crippen LogP contribution < -0.4 is 0 Å². The van der Waals surface area contributed by atoms with Crippen molar-refractivity contribution in [2.45, 2.75) is 149 Å². The summed E-state index contributed by atoms with van der Waals surface area (Å²) >= 11 is 0. The molecule has 1 aliphatic rings. The average molecular weight is 667 g/mol. The van der Waals surface area contributed by atoms with E-state index in [-0.39, 0.29) is 0 Å². The molecule has 1 fully saturated rings. The minimum atomic E-state index is -3.17. The van der Waals surface area contributed by atoms with E-state index in [1.807, 2.05) is 0 Å². The maximum absolute atomic E-state index is 6.97. The van der Waals surface area contributed by atoms with Gasteiger partial charge in [0.05, 0.1) is 0 Å². The normalized spacial score (nSPS) is 19.6. The molecule has 0 aliphatic carbocycles.